The van der Waals surface area contributed by atoms with Gasteiger partial charge in [0.15, 0.2) is 5.13 Å². The minimum Gasteiger partial charge on any atom is -0.301 e. The van der Waals surface area contributed by atoms with Crippen molar-refractivity contribution >= 4 is 22.4 Å². The second-order valence-electron chi connectivity index (χ2n) is 6.73. The van der Waals surface area contributed by atoms with Gasteiger partial charge in [0.05, 0.1) is 17.9 Å². The number of likely N-dealkylation sites (tertiary alicyclic amines) is 1. The SMILES string of the molecule is O=C(CN1CCC[C@@H](c2nccnc2-c2ccccc2F)C1)Nc1nccs1. The molecule has 1 aliphatic heterocycles. The summed E-state index contributed by atoms with van der Waals surface area (Å²) in [6.45, 7) is 1.83. The van der Waals surface area contributed by atoms with Crippen LogP contribution in [0.25, 0.3) is 11.3 Å². The van der Waals surface area contributed by atoms with Crippen molar-refractivity contribution in [2.45, 2.75) is 18.8 Å². The van der Waals surface area contributed by atoms with Crippen LogP contribution >= 0.6 is 11.3 Å². The van der Waals surface area contributed by atoms with Crippen molar-refractivity contribution in [1.29, 1.82) is 0 Å². The lowest BCUT2D eigenvalue weighted by Gasteiger charge is -2.32. The van der Waals surface area contributed by atoms with Crippen LogP contribution in [0.15, 0.2) is 48.2 Å². The van der Waals surface area contributed by atoms with Crippen molar-refractivity contribution in [3.05, 3.63) is 59.7 Å². The number of hydrogen-bond donors (Lipinski definition) is 1. The zero-order valence-electron chi connectivity index (χ0n) is 15.2. The molecule has 0 unspecified atom stereocenters. The average molecular weight is 397 g/mol. The number of aromatic nitrogens is 3. The summed E-state index contributed by atoms with van der Waals surface area (Å²) >= 11 is 1.40. The number of halogens is 1. The number of anilines is 1. The first-order chi connectivity index (χ1) is 13.7. The fraction of sp³-hybridized carbons (Fsp3) is 0.300. The molecule has 0 aliphatic carbocycles. The standard InChI is InChI=1S/C20H20FN5OS/c21-16-6-2-1-5-15(16)19-18(22-7-8-23-19)14-4-3-10-26(12-14)13-17(27)25-20-24-9-11-28-20/h1-2,5-9,11,14H,3-4,10,12-13H2,(H,24,25,27)/t14-/m1/s1. The highest BCUT2D eigenvalue weighted by Gasteiger charge is 2.27. The Hall–Kier alpha value is -2.71. The van der Waals surface area contributed by atoms with Crippen LogP contribution in [0.3, 0.4) is 0 Å². The third kappa shape index (κ3) is 4.23. The second kappa shape index (κ2) is 8.53. The molecule has 8 heteroatoms. The van der Waals surface area contributed by atoms with Gasteiger partial charge in [-0.05, 0) is 31.5 Å². The van der Waals surface area contributed by atoms with Gasteiger partial charge in [0.1, 0.15) is 5.82 Å². The molecule has 1 atom stereocenters. The van der Waals surface area contributed by atoms with Gasteiger partial charge in [0, 0.05) is 42.0 Å². The van der Waals surface area contributed by atoms with Crippen LogP contribution in [0.2, 0.25) is 0 Å². The highest BCUT2D eigenvalue weighted by atomic mass is 32.1. The molecule has 3 heterocycles. The van der Waals surface area contributed by atoms with Crippen LogP contribution < -0.4 is 5.32 Å². The van der Waals surface area contributed by atoms with E-state index in [1.165, 1.54) is 17.4 Å². The van der Waals surface area contributed by atoms with Crippen LogP contribution in [0.4, 0.5) is 9.52 Å². The Labute approximate surface area is 166 Å². The number of amides is 1. The van der Waals surface area contributed by atoms with E-state index in [0.29, 0.717) is 29.5 Å². The van der Waals surface area contributed by atoms with Gasteiger partial charge in [-0.2, -0.15) is 0 Å². The van der Waals surface area contributed by atoms with Crippen molar-refractivity contribution in [1.82, 2.24) is 19.9 Å². The zero-order chi connectivity index (χ0) is 19.3. The van der Waals surface area contributed by atoms with Crippen molar-refractivity contribution < 1.29 is 9.18 Å². The molecule has 2 aromatic heterocycles. The van der Waals surface area contributed by atoms with Gasteiger partial charge in [-0.15, -0.1) is 11.3 Å². The lowest BCUT2D eigenvalue weighted by atomic mass is 9.91. The highest BCUT2D eigenvalue weighted by molar-refractivity contribution is 7.13. The van der Waals surface area contributed by atoms with Gasteiger partial charge in [0.25, 0.3) is 0 Å². The molecular weight excluding hydrogens is 377 g/mol. The molecule has 1 amide bonds. The summed E-state index contributed by atoms with van der Waals surface area (Å²) in [6, 6.07) is 6.63. The maximum Gasteiger partial charge on any atom is 0.240 e. The fourth-order valence-electron chi connectivity index (χ4n) is 3.58. The normalized spacial score (nSPS) is 17.4. The molecule has 0 saturated carbocycles. The molecule has 1 fully saturated rings. The fourth-order valence-corrected chi connectivity index (χ4v) is 4.12. The number of benzene rings is 1. The van der Waals surface area contributed by atoms with Crippen molar-refractivity contribution in [3.63, 3.8) is 0 Å². The molecule has 0 radical (unpaired) electrons. The van der Waals surface area contributed by atoms with E-state index >= 15 is 0 Å². The number of nitrogens with zero attached hydrogens (tertiary/aromatic N) is 4. The van der Waals surface area contributed by atoms with E-state index in [1.54, 1.807) is 36.8 Å². The van der Waals surface area contributed by atoms with Crippen LogP contribution in [0, 0.1) is 5.82 Å². The molecule has 0 bridgehead atoms. The molecule has 4 rings (SSSR count). The number of hydrogen-bond acceptors (Lipinski definition) is 6. The predicted molar refractivity (Wildman–Crippen MR) is 107 cm³/mol. The third-order valence-corrected chi connectivity index (χ3v) is 5.48. The Morgan fingerprint density at radius 3 is 2.89 bits per heavy atom. The summed E-state index contributed by atoms with van der Waals surface area (Å²) in [5.41, 5.74) is 1.83. The number of nitrogens with one attached hydrogen (secondary N) is 1. The molecule has 0 spiro atoms. The van der Waals surface area contributed by atoms with Gasteiger partial charge >= 0.3 is 0 Å². The maximum atomic E-state index is 14.3. The van der Waals surface area contributed by atoms with Crippen LogP contribution in [0.5, 0.6) is 0 Å². The van der Waals surface area contributed by atoms with Crippen molar-refractivity contribution in [2.75, 3.05) is 25.0 Å². The Morgan fingerprint density at radius 1 is 1.21 bits per heavy atom. The topological polar surface area (TPSA) is 71.0 Å². The first-order valence-corrected chi connectivity index (χ1v) is 10.1. The summed E-state index contributed by atoms with van der Waals surface area (Å²) in [4.78, 5) is 27.4. The quantitative estimate of drug-likeness (QED) is 0.713. The largest absolute Gasteiger partial charge is 0.301 e. The van der Waals surface area contributed by atoms with Gasteiger partial charge in [0.2, 0.25) is 5.91 Å². The highest BCUT2D eigenvalue weighted by Crippen LogP contribution is 2.32. The van der Waals surface area contributed by atoms with Crippen LogP contribution in [-0.2, 0) is 4.79 Å². The Balaban J connectivity index is 1.49. The Bertz CT molecular complexity index is 949. The number of thiazole rings is 1. The zero-order valence-corrected chi connectivity index (χ0v) is 16.0. The number of carbonyl (C=O) groups excluding carboxylic acids is 1. The molecule has 1 saturated heterocycles. The smallest absolute Gasteiger partial charge is 0.240 e. The van der Waals surface area contributed by atoms with E-state index in [0.717, 1.165) is 25.1 Å². The van der Waals surface area contributed by atoms with E-state index in [1.807, 2.05) is 5.38 Å². The first kappa shape index (κ1) is 18.6. The van der Waals surface area contributed by atoms with Gasteiger partial charge in [-0.25, -0.2) is 9.37 Å². The first-order valence-electron chi connectivity index (χ1n) is 9.18. The van der Waals surface area contributed by atoms with Gasteiger partial charge < -0.3 is 5.32 Å². The summed E-state index contributed by atoms with van der Waals surface area (Å²) in [6.07, 6.45) is 6.78. The summed E-state index contributed by atoms with van der Waals surface area (Å²) in [7, 11) is 0. The van der Waals surface area contributed by atoms with E-state index in [4.69, 9.17) is 0 Å². The predicted octanol–water partition coefficient (Wildman–Crippen LogP) is 3.56. The summed E-state index contributed by atoms with van der Waals surface area (Å²) in [5, 5.41) is 5.25. The number of carbonyl (C=O) groups is 1. The Morgan fingerprint density at radius 2 is 2.07 bits per heavy atom. The van der Waals surface area contributed by atoms with Crippen molar-refractivity contribution in [3.8, 4) is 11.3 Å². The van der Waals surface area contributed by atoms with Gasteiger partial charge in [-0.3, -0.25) is 19.7 Å². The molecule has 144 valence electrons. The monoisotopic (exact) mass is 397 g/mol. The van der Waals surface area contributed by atoms with Crippen LogP contribution in [-0.4, -0.2) is 45.4 Å². The minimum absolute atomic E-state index is 0.0796. The number of rotatable bonds is 5. The summed E-state index contributed by atoms with van der Waals surface area (Å²) < 4.78 is 14.3. The van der Waals surface area contributed by atoms with E-state index in [9.17, 15) is 9.18 Å². The molecule has 6 nitrogen and oxygen atoms in total. The second-order valence-corrected chi connectivity index (χ2v) is 7.62. The Kier molecular flexibility index (Phi) is 5.68. The average Bonchev–Trinajstić information content (AvgIpc) is 3.21. The molecular formula is C20H20FN5OS. The molecule has 3 aromatic rings. The van der Waals surface area contributed by atoms with E-state index in [-0.39, 0.29) is 17.6 Å². The van der Waals surface area contributed by atoms with E-state index < -0.39 is 0 Å². The molecule has 1 aromatic carbocycles. The van der Waals surface area contributed by atoms with E-state index in [2.05, 4.69) is 25.2 Å². The molecule has 1 aliphatic rings. The lowest BCUT2D eigenvalue weighted by Crippen LogP contribution is -2.40. The molecule has 28 heavy (non-hydrogen) atoms. The third-order valence-electron chi connectivity index (χ3n) is 4.79. The minimum atomic E-state index is -0.306. The molecule has 1 N–H and O–H groups in total. The lowest BCUT2D eigenvalue weighted by molar-refractivity contribution is -0.117. The van der Waals surface area contributed by atoms with Crippen molar-refractivity contribution in [2.24, 2.45) is 0 Å². The summed E-state index contributed by atoms with van der Waals surface area (Å²) in [5.74, 6) is -0.284. The maximum absolute atomic E-state index is 14.3. The van der Waals surface area contributed by atoms with Crippen LogP contribution in [0.1, 0.15) is 24.5 Å². The number of piperidine rings is 1. The van der Waals surface area contributed by atoms with Gasteiger partial charge in [-0.1, -0.05) is 12.1 Å².